The Morgan fingerprint density at radius 1 is 1.13 bits per heavy atom. The summed E-state index contributed by atoms with van der Waals surface area (Å²) in [6, 6.07) is 5.68. The van der Waals surface area contributed by atoms with Crippen molar-refractivity contribution in [3.63, 3.8) is 0 Å². The maximum atomic E-state index is 13.6. The molecule has 2 aromatic rings. The highest BCUT2D eigenvalue weighted by atomic mass is 19.1. The molecule has 0 amide bonds. The van der Waals surface area contributed by atoms with Crippen LogP contribution in [-0.4, -0.2) is 4.57 Å². The van der Waals surface area contributed by atoms with Crippen molar-refractivity contribution in [2.24, 2.45) is 7.05 Å². The lowest BCUT2D eigenvalue weighted by Gasteiger charge is -2.03. The normalized spacial score (nSPS) is 11.2. The smallest absolute Gasteiger partial charge is 0.127 e. The first kappa shape index (κ1) is 10.2. The van der Waals surface area contributed by atoms with Crippen LogP contribution < -0.4 is 0 Å². The molecule has 15 heavy (non-hydrogen) atoms. The summed E-state index contributed by atoms with van der Waals surface area (Å²) in [6.07, 6.45) is 1.72. The van der Waals surface area contributed by atoms with Gasteiger partial charge in [-0.1, -0.05) is 13.8 Å². The highest BCUT2D eigenvalue weighted by molar-refractivity contribution is 5.82. The van der Waals surface area contributed by atoms with Crippen molar-refractivity contribution >= 4 is 10.9 Å². The highest BCUT2D eigenvalue weighted by Crippen LogP contribution is 2.23. The molecular weight excluding hydrogens is 189 g/mol. The lowest BCUT2D eigenvalue weighted by Crippen LogP contribution is -1.94. The molecule has 0 aliphatic heterocycles. The summed E-state index contributed by atoms with van der Waals surface area (Å²) < 4.78 is 15.7. The molecule has 0 fully saturated rings. The minimum absolute atomic E-state index is 0.0850. The third-order valence-electron chi connectivity index (χ3n) is 3.05. The molecule has 2 rings (SSSR count). The van der Waals surface area contributed by atoms with Gasteiger partial charge in [0.15, 0.2) is 0 Å². The number of benzene rings is 1. The zero-order valence-electron chi connectivity index (χ0n) is 9.47. The Balaban J connectivity index is 2.74. The minimum atomic E-state index is -0.0850. The Bertz CT molecular complexity index is 497. The lowest BCUT2D eigenvalue weighted by atomic mass is 10.1. The van der Waals surface area contributed by atoms with E-state index >= 15 is 0 Å². The van der Waals surface area contributed by atoms with Crippen LogP contribution in [0.3, 0.4) is 0 Å². The summed E-state index contributed by atoms with van der Waals surface area (Å²) in [5.74, 6) is -0.0850. The molecule has 2 heteroatoms. The van der Waals surface area contributed by atoms with E-state index in [4.69, 9.17) is 0 Å². The second-order valence-corrected chi connectivity index (χ2v) is 3.90. The van der Waals surface area contributed by atoms with Gasteiger partial charge in [0.2, 0.25) is 0 Å². The molecule has 0 unspecified atom stereocenters. The van der Waals surface area contributed by atoms with Crippen molar-refractivity contribution < 1.29 is 4.39 Å². The average molecular weight is 205 g/mol. The fourth-order valence-electron chi connectivity index (χ4n) is 2.07. The summed E-state index contributed by atoms with van der Waals surface area (Å²) in [4.78, 5) is 0. The Morgan fingerprint density at radius 3 is 2.47 bits per heavy atom. The third kappa shape index (κ3) is 1.54. The molecule has 80 valence electrons. The summed E-state index contributed by atoms with van der Waals surface area (Å²) in [5, 5.41) is 1.00. The summed E-state index contributed by atoms with van der Waals surface area (Å²) in [6.45, 7) is 4.10. The SMILES string of the molecule is CCc1cc2c(cc1F)cc(CC)n2C. The number of fused-ring (bicyclic) bond motifs is 1. The van der Waals surface area contributed by atoms with Crippen LogP contribution in [0.15, 0.2) is 18.2 Å². The van der Waals surface area contributed by atoms with Crippen molar-refractivity contribution in [3.05, 3.63) is 35.3 Å². The van der Waals surface area contributed by atoms with Crippen LogP contribution in [-0.2, 0) is 19.9 Å². The molecule has 0 N–H and O–H groups in total. The Morgan fingerprint density at radius 2 is 1.87 bits per heavy atom. The topological polar surface area (TPSA) is 4.93 Å². The van der Waals surface area contributed by atoms with Crippen LogP contribution in [0.5, 0.6) is 0 Å². The van der Waals surface area contributed by atoms with Crippen LogP contribution in [0.2, 0.25) is 0 Å². The monoisotopic (exact) mass is 205 g/mol. The Kier molecular flexibility index (Phi) is 2.51. The fraction of sp³-hybridized carbons (Fsp3) is 0.385. The predicted octanol–water partition coefficient (Wildman–Crippen LogP) is 3.44. The van der Waals surface area contributed by atoms with E-state index in [0.717, 1.165) is 29.3 Å². The first-order valence-corrected chi connectivity index (χ1v) is 5.44. The molecular formula is C13H16FN. The number of nitrogens with zero attached hydrogens (tertiary/aromatic N) is 1. The molecule has 1 aromatic heterocycles. The molecule has 0 radical (unpaired) electrons. The number of hydrogen-bond donors (Lipinski definition) is 0. The van der Waals surface area contributed by atoms with Crippen molar-refractivity contribution in [2.45, 2.75) is 26.7 Å². The lowest BCUT2D eigenvalue weighted by molar-refractivity contribution is 0.614. The van der Waals surface area contributed by atoms with E-state index < -0.39 is 0 Å². The highest BCUT2D eigenvalue weighted by Gasteiger charge is 2.08. The van der Waals surface area contributed by atoms with Gasteiger partial charge in [0.1, 0.15) is 5.82 Å². The van der Waals surface area contributed by atoms with Gasteiger partial charge in [-0.15, -0.1) is 0 Å². The van der Waals surface area contributed by atoms with E-state index in [1.165, 1.54) is 5.69 Å². The van der Waals surface area contributed by atoms with Gasteiger partial charge < -0.3 is 4.57 Å². The number of aromatic nitrogens is 1. The third-order valence-corrected chi connectivity index (χ3v) is 3.05. The first-order valence-electron chi connectivity index (χ1n) is 5.44. The van der Waals surface area contributed by atoms with Gasteiger partial charge in [-0.25, -0.2) is 4.39 Å². The molecule has 1 nitrogen and oxygen atoms in total. The zero-order chi connectivity index (χ0) is 11.0. The van der Waals surface area contributed by atoms with Crippen molar-refractivity contribution in [3.8, 4) is 0 Å². The molecule has 0 aliphatic carbocycles. The molecule has 0 spiro atoms. The molecule has 0 bridgehead atoms. The van der Waals surface area contributed by atoms with Crippen LogP contribution in [0.4, 0.5) is 4.39 Å². The molecule has 1 heterocycles. The van der Waals surface area contributed by atoms with E-state index in [1.54, 1.807) is 6.07 Å². The van der Waals surface area contributed by atoms with Gasteiger partial charge >= 0.3 is 0 Å². The van der Waals surface area contributed by atoms with Crippen molar-refractivity contribution in [1.29, 1.82) is 0 Å². The van der Waals surface area contributed by atoms with Crippen LogP contribution in [0.25, 0.3) is 10.9 Å². The Labute approximate surface area is 89.5 Å². The summed E-state index contributed by atoms with van der Waals surface area (Å²) in [7, 11) is 2.04. The largest absolute Gasteiger partial charge is 0.348 e. The van der Waals surface area contributed by atoms with Crippen molar-refractivity contribution in [2.75, 3.05) is 0 Å². The maximum Gasteiger partial charge on any atom is 0.127 e. The maximum absolute atomic E-state index is 13.6. The minimum Gasteiger partial charge on any atom is -0.348 e. The van der Waals surface area contributed by atoms with Crippen LogP contribution >= 0.6 is 0 Å². The van der Waals surface area contributed by atoms with Gasteiger partial charge in [-0.2, -0.15) is 0 Å². The summed E-state index contributed by atoms with van der Waals surface area (Å²) >= 11 is 0. The van der Waals surface area contributed by atoms with E-state index in [2.05, 4.69) is 17.6 Å². The van der Waals surface area contributed by atoms with Gasteiger partial charge in [-0.3, -0.25) is 0 Å². The standard InChI is InChI=1S/C13H16FN/c1-4-9-8-13-10(7-12(9)14)6-11(5-2)15(13)3/h6-8H,4-5H2,1-3H3. The second-order valence-electron chi connectivity index (χ2n) is 3.90. The van der Waals surface area contributed by atoms with E-state index in [1.807, 2.05) is 20.0 Å². The molecule has 0 aliphatic rings. The first-order chi connectivity index (χ1) is 7.17. The molecule has 0 atom stereocenters. The van der Waals surface area contributed by atoms with Gasteiger partial charge in [0, 0.05) is 23.6 Å². The summed E-state index contributed by atoms with van der Waals surface area (Å²) in [5.41, 5.74) is 3.18. The molecule has 0 saturated heterocycles. The van der Waals surface area contributed by atoms with E-state index in [-0.39, 0.29) is 5.82 Å². The van der Waals surface area contributed by atoms with Gasteiger partial charge in [-0.05, 0) is 36.6 Å². The van der Waals surface area contributed by atoms with Crippen molar-refractivity contribution in [1.82, 2.24) is 4.57 Å². The van der Waals surface area contributed by atoms with Gasteiger partial charge in [0.25, 0.3) is 0 Å². The van der Waals surface area contributed by atoms with E-state index in [9.17, 15) is 4.39 Å². The average Bonchev–Trinajstić information content (AvgIpc) is 2.54. The fourth-order valence-corrected chi connectivity index (χ4v) is 2.07. The molecule has 1 aromatic carbocycles. The van der Waals surface area contributed by atoms with E-state index in [0.29, 0.717) is 0 Å². The van der Waals surface area contributed by atoms with Crippen LogP contribution in [0.1, 0.15) is 25.1 Å². The quantitative estimate of drug-likeness (QED) is 0.707. The Hall–Kier alpha value is -1.31. The zero-order valence-corrected chi connectivity index (χ0v) is 9.47. The number of rotatable bonds is 2. The second kappa shape index (κ2) is 3.69. The number of aryl methyl sites for hydroxylation is 3. The molecule has 0 saturated carbocycles. The van der Waals surface area contributed by atoms with Gasteiger partial charge in [0.05, 0.1) is 0 Å². The number of hydrogen-bond acceptors (Lipinski definition) is 0. The predicted molar refractivity (Wildman–Crippen MR) is 61.6 cm³/mol. The number of halogens is 1. The van der Waals surface area contributed by atoms with Crippen LogP contribution in [0, 0.1) is 5.82 Å².